The molecule has 1 aromatic heterocycles. The van der Waals surface area contributed by atoms with Gasteiger partial charge in [0.05, 0.1) is 4.88 Å². The standard InChI is InChI=1S/C13H10F2O2S/c1-8-2-3-13(18-8)12(16)7-17-11-5-9(14)4-10(15)6-11/h2-6H,7H2,1H3. The number of Topliss-reactive ketones (excluding diaryl/α,β-unsaturated/α-hetero) is 1. The monoisotopic (exact) mass is 268 g/mol. The van der Waals surface area contributed by atoms with Crippen LogP contribution in [0.4, 0.5) is 8.78 Å². The average Bonchev–Trinajstić information content (AvgIpc) is 2.71. The molecule has 94 valence electrons. The molecule has 0 amide bonds. The number of benzene rings is 1. The van der Waals surface area contributed by atoms with E-state index in [0.29, 0.717) is 4.88 Å². The quantitative estimate of drug-likeness (QED) is 0.792. The number of carbonyl (C=O) groups is 1. The first-order chi connectivity index (χ1) is 8.54. The van der Waals surface area contributed by atoms with E-state index >= 15 is 0 Å². The summed E-state index contributed by atoms with van der Waals surface area (Å²) in [5.41, 5.74) is 0. The molecule has 0 aliphatic heterocycles. The number of hydrogen-bond acceptors (Lipinski definition) is 3. The molecular formula is C13H10F2O2S. The molecule has 0 atom stereocenters. The van der Waals surface area contributed by atoms with Crippen LogP contribution in [0.3, 0.4) is 0 Å². The van der Waals surface area contributed by atoms with E-state index in [0.717, 1.165) is 23.1 Å². The molecule has 0 fully saturated rings. The second kappa shape index (κ2) is 5.27. The van der Waals surface area contributed by atoms with Gasteiger partial charge < -0.3 is 4.74 Å². The molecule has 0 unspecified atom stereocenters. The first-order valence-electron chi connectivity index (χ1n) is 5.23. The zero-order valence-corrected chi connectivity index (χ0v) is 10.4. The van der Waals surface area contributed by atoms with Crippen LogP contribution >= 0.6 is 11.3 Å². The maximum atomic E-state index is 12.9. The molecule has 0 saturated carbocycles. The Hall–Kier alpha value is -1.75. The van der Waals surface area contributed by atoms with E-state index in [9.17, 15) is 13.6 Å². The van der Waals surface area contributed by atoms with Crippen LogP contribution in [0.1, 0.15) is 14.5 Å². The van der Waals surface area contributed by atoms with Gasteiger partial charge >= 0.3 is 0 Å². The highest BCUT2D eigenvalue weighted by molar-refractivity contribution is 7.14. The molecule has 0 aliphatic rings. The maximum absolute atomic E-state index is 12.9. The van der Waals surface area contributed by atoms with Crippen molar-refractivity contribution in [2.24, 2.45) is 0 Å². The Morgan fingerprint density at radius 1 is 1.22 bits per heavy atom. The van der Waals surface area contributed by atoms with Crippen molar-refractivity contribution in [2.75, 3.05) is 6.61 Å². The molecule has 0 bridgehead atoms. The lowest BCUT2D eigenvalue weighted by atomic mass is 10.3. The van der Waals surface area contributed by atoms with Gasteiger partial charge in [0.25, 0.3) is 0 Å². The van der Waals surface area contributed by atoms with Crippen LogP contribution in [-0.4, -0.2) is 12.4 Å². The number of ketones is 1. The van der Waals surface area contributed by atoms with Gasteiger partial charge in [0.2, 0.25) is 5.78 Å². The van der Waals surface area contributed by atoms with Gasteiger partial charge in [-0.1, -0.05) is 0 Å². The van der Waals surface area contributed by atoms with E-state index in [1.807, 2.05) is 13.0 Å². The molecule has 0 spiro atoms. The largest absolute Gasteiger partial charge is 0.485 e. The predicted molar refractivity (Wildman–Crippen MR) is 65.2 cm³/mol. The van der Waals surface area contributed by atoms with Gasteiger partial charge in [0.1, 0.15) is 17.4 Å². The van der Waals surface area contributed by atoms with Gasteiger partial charge in [-0.2, -0.15) is 0 Å². The summed E-state index contributed by atoms with van der Waals surface area (Å²) in [6.07, 6.45) is 0. The molecular weight excluding hydrogens is 258 g/mol. The molecule has 2 nitrogen and oxygen atoms in total. The summed E-state index contributed by atoms with van der Waals surface area (Å²) in [5, 5.41) is 0. The molecule has 1 heterocycles. The third-order valence-corrected chi connectivity index (χ3v) is 3.26. The third-order valence-electron chi connectivity index (χ3n) is 2.22. The summed E-state index contributed by atoms with van der Waals surface area (Å²) in [6, 6.07) is 6.36. The number of aryl methyl sites for hydroxylation is 1. The van der Waals surface area contributed by atoms with Gasteiger partial charge in [-0.15, -0.1) is 11.3 Å². The lowest BCUT2D eigenvalue weighted by Gasteiger charge is -2.04. The molecule has 2 aromatic rings. The van der Waals surface area contributed by atoms with Crippen LogP contribution in [0, 0.1) is 18.6 Å². The minimum Gasteiger partial charge on any atom is -0.485 e. The fourth-order valence-corrected chi connectivity index (χ4v) is 2.21. The molecule has 0 saturated heterocycles. The van der Waals surface area contributed by atoms with Gasteiger partial charge in [0.15, 0.2) is 6.61 Å². The van der Waals surface area contributed by atoms with Crippen LogP contribution in [0.25, 0.3) is 0 Å². The normalized spacial score (nSPS) is 10.4. The van der Waals surface area contributed by atoms with Crippen LogP contribution < -0.4 is 4.74 Å². The Kier molecular flexibility index (Phi) is 3.72. The SMILES string of the molecule is Cc1ccc(C(=O)COc2cc(F)cc(F)c2)s1. The van der Waals surface area contributed by atoms with Crippen molar-refractivity contribution in [3.8, 4) is 5.75 Å². The van der Waals surface area contributed by atoms with E-state index in [1.165, 1.54) is 11.3 Å². The van der Waals surface area contributed by atoms with Crippen molar-refractivity contribution in [1.29, 1.82) is 0 Å². The summed E-state index contributed by atoms with van der Waals surface area (Å²) in [7, 11) is 0. The van der Waals surface area contributed by atoms with Gasteiger partial charge in [0, 0.05) is 23.1 Å². The first kappa shape index (κ1) is 12.7. The highest BCUT2D eigenvalue weighted by atomic mass is 32.1. The Morgan fingerprint density at radius 2 is 1.89 bits per heavy atom. The maximum Gasteiger partial charge on any atom is 0.210 e. The second-order valence-corrected chi connectivity index (χ2v) is 5.02. The number of carbonyl (C=O) groups excluding carboxylic acids is 1. The summed E-state index contributed by atoms with van der Waals surface area (Å²) in [4.78, 5) is 13.3. The van der Waals surface area contributed by atoms with Crippen molar-refractivity contribution in [1.82, 2.24) is 0 Å². The van der Waals surface area contributed by atoms with E-state index < -0.39 is 11.6 Å². The van der Waals surface area contributed by atoms with E-state index in [-0.39, 0.29) is 18.1 Å². The van der Waals surface area contributed by atoms with Crippen molar-refractivity contribution in [3.63, 3.8) is 0 Å². The lowest BCUT2D eigenvalue weighted by molar-refractivity contribution is 0.0925. The van der Waals surface area contributed by atoms with Crippen molar-refractivity contribution < 1.29 is 18.3 Å². The van der Waals surface area contributed by atoms with E-state index in [1.54, 1.807) is 6.07 Å². The molecule has 0 radical (unpaired) electrons. The molecule has 18 heavy (non-hydrogen) atoms. The first-order valence-corrected chi connectivity index (χ1v) is 6.05. The number of ether oxygens (including phenoxy) is 1. The minimum absolute atomic E-state index is 0.00845. The zero-order chi connectivity index (χ0) is 13.1. The Labute approximate surface area is 107 Å². The predicted octanol–water partition coefficient (Wildman–Crippen LogP) is 3.60. The molecule has 1 aromatic carbocycles. The highest BCUT2D eigenvalue weighted by Gasteiger charge is 2.10. The Morgan fingerprint density at radius 3 is 2.44 bits per heavy atom. The Bertz CT molecular complexity index is 558. The molecule has 5 heteroatoms. The third kappa shape index (κ3) is 3.13. The zero-order valence-electron chi connectivity index (χ0n) is 9.57. The Balaban J connectivity index is 2.01. The highest BCUT2D eigenvalue weighted by Crippen LogP contribution is 2.18. The fraction of sp³-hybridized carbons (Fsp3) is 0.154. The van der Waals surface area contributed by atoms with Gasteiger partial charge in [-0.25, -0.2) is 8.78 Å². The molecule has 0 N–H and O–H groups in total. The summed E-state index contributed by atoms with van der Waals surface area (Å²) < 4.78 is 30.8. The number of thiophene rings is 1. The summed E-state index contributed by atoms with van der Waals surface area (Å²) >= 11 is 1.36. The van der Waals surface area contributed by atoms with E-state index in [4.69, 9.17) is 4.74 Å². The minimum atomic E-state index is -0.732. The van der Waals surface area contributed by atoms with Crippen LogP contribution in [-0.2, 0) is 0 Å². The van der Waals surface area contributed by atoms with Crippen LogP contribution in [0.2, 0.25) is 0 Å². The summed E-state index contributed by atoms with van der Waals surface area (Å²) in [6.45, 7) is 1.66. The number of halogens is 2. The topological polar surface area (TPSA) is 26.3 Å². The van der Waals surface area contributed by atoms with Crippen molar-refractivity contribution >= 4 is 17.1 Å². The van der Waals surface area contributed by atoms with Crippen molar-refractivity contribution in [2.45, 2.75) is 6.92 Å². The average molecular weight is 268 g/mol. The lowest BCUT2D eigenvalue weighted by Crippen LogP contribution is -2.10. The summed E-state index contributed by atoms with van der Waals surface area (Å²) in [5.74, 6) is -1.67. The van der Waals surface area contributed by atoms with E-state index in [2.05, 4.69) is 0 Å². The number of hydrogen-bond donors (Lipinski definition) is 0. The van der Waals surface area contributed by atoms with Gasteiger partial charge in [-0.05, 0) is 19.1 Å². The van der Waals surface area contributed by atoms with Gasteiger partial charge in [-0.3, -0.25) is 4.79 Å². The molecule has 2 rings (SSSR count). The van der Waals surface area contributed by atoms with Crippen LogP contribution in [0.5, 0.6) is 5.75 Å². The second-order valence-electron chi connectivity index (χ2n) is 3.73. The fourth-order valence-electron chi connectivity index (χ4n) is 1.42. The molecule has 0 aliphatic carbocycles. The smallest absolute Gasteiger partial charge is 0.210 e. The van der Waals surface area contributed by atoms with Crippen molar-refractivity contribution in [3.05, 3.63) is 51.7 Å². The van der Waals surface area contributed by atoms with Crippen LogP contribution in [0.15, 0.2) is 30.3 Å². The number of rotatable bonds is 4.